The van der Waals surface area contributed by atoms with Gasteiger partial charge in [-0.05, 0) is 12.1 Å². The molecule has 0 saturated carbocycles. The molecule has 1 aliphatic heterocycles. The lowest BCUT2D eigenvalue weighted by atomic mass is 10.2. The van der Waals surface area contributed by atoms with E-state index in [2.05, 4.69) is 10.3 Å². The first-order chi connectivity index (χ1) is 13.2. The van der Waals surface area contributed by atoms with Gasteiger partial charge in [0, 0.05) is 16.7 Å². The predicted octanol–water partition coefficient (Wildman–Crippen LogP) is 4.36. The van der Waals surface area contributed by atoms with E-state index < -0.39 is 11.2 Å². The zero-order valence-electron chi connectivity index (χ0n) is 14.3. The van der Waals surface area contributed by atoms with E-state index in [1.165, 1.54) is 23.1 Å². The first kappa shape index (κ1) is 17.8. The second kappa shape index (κ2) is 7.94. The quantitative estimate of drug-likeness (QED) is 0.649. The van der Waals surface area contributed by atoms with E-state index in [1.54, 1.807) is 6.20 Å². The van der Waals surface area contributed by atoms with Gasteiger partial charge in [-0.2, -0.15) is 0 Å². The van der Waals surface area contributed by atoms with Gasteiger partial charge in [0.2, 0.25) is 5.91 Å². The fourth-order valence-corrected chi connectivity index (χ4v) is 4.60. The number of fused-ring (bicyclic) bond motifs is 1. The number of hydrogen-bond donors (Lipinski definition) is 1. The molecule has 5 nitrogen and oxygen atoms in total. The molecule has 0 radical (unpaired) electrons. The minimum Gasteiger partial charge on any atom is -0.460 e. The minimum absolute atomic E-state index is 0.0369. The molecule has 2 heterocycles. The standard InChI is InChI=1S/C20H16N2O3S2/c23-18(10-17-19(24)22-15-8-4-5-9-16(15)27-17)25-12-14-11-21-20(26-14)13-6-2-1-3-7-13/h1-9,11,17H,10,12H2,(H,22,24). The summed E-state index contributed by atoms with van der Waals surface area (Å²) >= 11 is 2.89. The van der Waals surface area contributed by atoms with Gasteiger partial charge in [-0.3, -0.25) is 9.59 Å². The van der Waals surface area contributed by atoms with E-state index in [0.29, 0.717) is 0 Å². The lowest BCUT2D eigenvalue weighted by Gasteiger charge is -2.23. The molecule has 3 aromatic rings. The number of para-hydroxylation sites is 1. The van der Waals surface area contributed by atoms with Crippen molar-refractivity contribution in [3.05, 3.63) is 65.7 Å². The molecule has 0 saturated heterocycles. The van der Waals surface area contributed by atoms with Gasteiger partial charge in [-0.1, -0.05) is 42.5 Å². The highest BCUT2D eigenvalue weighted by atomic mass is 32.2. The smallest absolute Gasteiger partial charge is 0.307 e. The number of hydrogen-bond acceptors (Lipinski definition) is 6. The van der Waals surface area contributed by atoms with Gasteiger partial charge in [0.05, 0.1) is 22.2 Å². The van der Waals surface area contributed by atoms with Gasteiger partial charge in [-0.15, -0.1) is 23.1 Å². The highest BCUT2D eigenvalue weighted by molar-refractivity contribution is 8.01. The summed E-state index contributed by atoms with van der Waals surface area (Å²) in [6, 6.07) is 17.4. The molecule has 2 aromatic carbocycles. The number of esters is 1. The van der Waals surface area contributed by atoms with E-state index in [1.807, 2.05) is 54.6 Å². The second-order valence-corrected chi connectivity index (χ2v) is 8.31. The van der Waals surface area contributed by atoms with Gasteiger partial charge < -0.3 is 10.1 Å². The number of ether oxygens (including phenoxy) is 1. The van der Waals surface area contributed by atoms with Gasteiger partial charge in [0.1, 0.15) is 11.6 Å². The molecule has 0 aliphatic carbocycles. The first-order valence-corrected chi connectivity index (χ1v) is 10.1. The molecule has 4 rings (SSSR count). The zero-order chi connectivity index (χ0) is 18.6. The van der Waals surface area contributed by atoms with E-state index in [-0.39, 0.29) is 18.9 Å². The summed E-state index contributed by atoms with van der Waals surface area (Å²) in [5, 5.41) is 3.25. The number of carbonyl (C=O) groups is 2. The molecule has 1 aliphatic rings. The Labute approximate surface area is 164 Å². The fraction of sp³-hybridized carbons (Fsp3) is 0.150. The van der Waals surface area contributed by atoms with Crippen molar-refractivity contribution in [1.82, 2.24) is 4.98 Å². The van der Waals surface area contributed by atoms with Crippen LogP contribution < -0.4 is 5.32 Å². The van der Waals surface area contributed by atoms with Crippen LogP contribution >= 0.6 is 23.1 Å². The van der Waals surface area contributed by atoms with E-state index in [9.17, 15) is 9.59 Å². The normalized spacial score (nSPS) is 15.7. The van der Waals surface area contributed by atoms with E-state index in [4.69, 9.17) is 4.74 Å². The van der Waals surface area contributed by atoms with Crippen LogP contribution in [-0.2, 0) is 20.9 Å². The number of amides is 1. The third kappa shape index (κ3) is 4.20. The predicted molar refractivity (Wildman–Crippen MR) is 107 cm³/mol. The zero-order valence-corrected chi connectivity index (χ0v) is 15.9. The molecule has 1 aromatic heterocycles. The van der Waals surface area contributed by atoms with Crippen LogP contribution in [0.2, 0.25) is 0 Å². The van der Waals surface area contributed by atoms with Crippen molar-refractivity contribution in [1.29, 1.82) is 0 Å². The number of nitrogens with zero attached hydrogens (tertiary/aromatic N) is 1. The number of carbonyl (C=O) groups excluding carboxylic acids is 2. The number of rotatable bonds is 5. The first-order valence-electron chi connectivity index (χ1n) is 8.41. The van der Waals surface area contributed by atoms with Crippen molar-refractivity contribution in [3.63, 3.8) is 0 Å². The monoisotopic (exact) mass is 396 g/mol. The molecule has 27 heavy (non-hydrogen) atoms. The molecule has 1 N–H and O–H groups in total. The summed E-state index contributed by atoms with van der Waals surface area (Å²) < 4.78 is 5.35. The van der Waals surface area contributed by atoms with Crippen LogP contribution in [0.5, 0.6) is 0 Å². The van der Waals surface area contributed by atoms with Crippen molar-refractivity contribution in [2.24, 2.45) is 0 Å². The molecule has 0 spiro atoms. The van der Waals surface area contributed by atoms with Crippen LogP contribution in [0.3, 0.4) is 0 Å². The lowest BCUT2D eigenvalue weighted by molar-refractivity contribution is -0.145. The Morgan fingerprint density at radius 2 is 1.89 bits per heavy atom. The number of anilines is 1. The van der Waals surface area contributed by atoms with Crippen LogP contribution in [-0.4, -0.2) is 22.1 Å². The minimum atomic E-state index is -0.478. The molecule has 1 atom stereocenters. The van der Waals surface area contributed by atoms with Crippen molar-refractivity contribution < 1.29 is 14.3 Å². The second-order valence-electron chi connectivity index (χ2n) is 5.95. The SMILES string of the molecule is O=C(CC1Sc2ccccc2NC1=O)OCc1cnc(-c2ccccc2)s1. The molecule has 1 unspecified atom stereocenters. The fourth-order valence-electron chi connectivity index (χ4n) is 2.68. The van der Waals surface area contributed by atoms with Crippen molar-refractivity contribution >= 4 is 40.7 Å². The van der Waals surface area contributed by atoms with Crippen LogP contribution in [0.1, 0.15) is 11.3 Å². The van der Waals surface area contributed by atoms with Crippen molar-refractivity contribution in [2.75, 3.05) is 5.32 Å². The summed E-state index contributed by atoms with van der Waals surface area (Å²) in [5.41, 5.74) is 1.82. The molecular weight excluding hydrogens is 380 g/mol. The summed E-state index contributed by atoms with van der Waals surface area (Å²) in [6.45, 7) is 0.166. The number of nitrogens with one attached hydrogen (secondary N) is 1. The molecule has 7 heteroatoms. The average molecular weight is 396 g/mol. The summed E-state index contributed by atoms with van der Waals surface area (Å²) in [6.07, 6.45) is 1.76. The maximum absolute atomic E-state index is 12.2. The molecule has 0 bridgehead atoms. The van der Waals surface area contributed by atoms with Gasteiger partial charge >= 0.3 is 5.97 Å². The Balaban J connectivity index is 1.33. The molecule has 1 amide bonds. The van der Waals surface area contributed by atoms with E-state index >= 15 is 0 Å². The van der Waals surface area contributed by atoms with Crippen LogP contribution in [0.4, 0.5) is 5.69 Å². The Morgan fingerprint density at radius 1 is 1.11 bits per heavy atom. The summed E-state index contributed by atoms with van der Waals surface area (Å²) in [5.74, 6) is -0.559. The lowest BCUT2D eigenvalue weighted by Crippen LogP contribution is -2.31. The number of thiazole rings is 1. The maximum atomic E-state index is 12.2. The molecule has 136 valence electrons. The Morgan fingerprint density at radius 3 is 2.74 bits per heavy atom. The van der Waals surface area contributed by atoms with Gasteiger partial charge in [0.25, 0.3) is 0 Å². The summed E-state index contributed by atoms with van der Waals surface area (Å²) in [7, 11) is 0. The highest BCUT2D eigenvalue weighted by Gasteiger charge is 2.29. The highest BCUT2D eigenvalue weighted by Crippen LogP contribution is 2.36. The third-order valence-electron chi connectivity index (χ3n) is 4.01. The number of benzene rings is 2. The summed E-state index contributed by atoms with van der Waals surface area (Å²) in [4.78, 5) is 30.6. The number of aromatic nitrogens is 1. The van der Waals surface area contributed by atoms with Crippen molar-refractivity contribution in [2.45, 2.75) is 23.2 Å². The Kier molecular flexibility index (Phi) is 5.22. The van der Waals surface area contributed by atoms with Crippen LogP contribution in [0.15, 0.2) is 65.7 Å². The van der Waals surface area contributed by atoms with Crippen LogP contribution in [0, 0.1) is 0 Å². The van der Waals surface area contributed by atoms with Crippen molar-refractivity contribution in [3.8, 4) is 10.6 Å². The van der Waals surface area contributed by atoms with E-state index in [0.717, 1.165) is 26.0 Å². The number of thioether (sulfide) groups is 1. The topological polar surface area (TPSA) is 68.3 Å². The average Bonchev–Trinajstić information content (AvgIpc) is 3.17. The largest absolute Gasteiger partial charge is 0.460 e. The van der Waals surface area contributed by atoms with Gasteiger partial charge in [0.15, 0.2) is 0 Å². The Hall–Kier alpha value is -2.64. The molecule has 0 fully saturated rings. The Bertz CT molecular complexity index is 972. The molecular formula is C20H16N2O3S2. The third-order valence-corrected chi connectivity index (χ3v) is 6.30. The maximum Gasteiger partial charge on any atom is 0.307 e. The van der Waals surface area contributed by atoms with Gasteiger partial charge in [-0.25, -0.2) is 4.98 Å². The van der Waals surface area contributed by atoms with Crippen LogP contribution in [0.25, 0.3) is 10.6 Å².